The third-order valence-corrected chi connectivity index (χ3v) is 6.24. The number of nitro benzene ring substituents is 1. The van der Waals surface area contributed by atoms with E-state index in [1.54, 1.807) is 36.4 Å². The molecule has 3 aliphatic heterocycles. The Labute approximate surface area is 186 Å². The second-order valence-electron chi connectivity index (χ2n) is 7.68. The van der Waals surface area contributed by atoms with Crippen molar-refractivity contribution in [2.24, 2.45) is 16.9 Å². The molecule has 2 amide bonds. The van der Waals surface area contributed by atoms with Gasteiger partial charge in [-0.1, -0.05) is 29.8 Å². The van der Waals surface area contributed by atoms with Gasteiger partial charge in [-0.15, -0.1) is 0 Å². The number of non-ortho nitro benzene ring substituents is 1. The van der Waals surface area contributed by atoms with Gasteiger partial charge in [0.15, 0.2) is 5.78 Å². The number of ketones is 1. The number of amides is 2. The highest BCUT2D eigenvalue weighted by atomic mass is 35.5. The molecule has 0 spiro atoms. The first-order chi connectivity index (χ1) is 15.4. The molecule has 0 unspecified atom stereocenters. The molecule has 10 heteroatoms. The summed E-state index contributed by atoms with van der Waals surface area (Å²) < 4.78 is 0. The quantitative estimate of drug-likeness (QED) is 0.306. The van der Waals surface area contributed by atoms with Crippen LogP contribution in [0.3, 0.4) is 0 Å². The van der Waals surface area contributed by atoms with E-state index >= 15 is 0 Å². The van der Waals surface area contributed by atoms with Gasteiger partial charge in [0.1, 0.15) is 6.04 Å². The number of hydrogen-bond donors (Lipinski definition) is 0. The molecule has 3 heterocycles. The molecule has 4 atom stereocenters. The van der Waals surface area contributed by atoms with E-state index < -0.39 is 46.4 Å². The summed E-state index contributed by atoms with van der Waals surface area (Å²) in [7, 11) is 0. The number of hydrazone groups is 1. The first-order valence-electron chi connectivity index (χ1n) is 9.79. The van der Waals surface area contributed by atoms with Gasteiger partial charge in [-0.3, -0.25) is 29.5 Å². The van der Waals surface area contributed by atoms with Gasteiger partial charge < -0.3 is 0 Å². The summed E-state index contributed by atoms with van der Waals surface area (Å²) in [6.07, 6.45) is 4.89. The highest BCUT2D eigenvalue weighted by Crippen LogP contribution is 2.46. The Morgan fingerprint density at radius 3 is 2.50 bits per heavy atom. The van der Waals surface area contributed by atoms with Crippen LogP contribution in [0.4, 0.5) is 11.4 Å². The molecule has 0 aliphatic carbocycles. The average molecular weight is 451 g/mol. The zero-order chi connectivity index (χ0) is 22.6. The Bertz CT molecular complexity index is 1230. The van der Waals surface area contributed by atoms with Gasteiger partial charge in [-0.25, -0.2) is 4.90 Å². The third-order valence-electron chi connectivity index (χ3n) is 5.99. The number of carbonyl (C=O) groups excluding carboxylic acids is 3. The standard InChI is InChI=1S/C22H15ClN4O5/c23-13-6-8-14(9-7-13)25-21(29)17-16-5-2-10-24-26(16)19(18(17)22(25)30)20(28)12-3-1-4-15(11-12)27(31)32/h1-11,16-19H/t16-,17+,18+,19-/m0/s1. The molecular formula is C22H15ClN4O5. The third kappa shape index (κ3) is 2.93. The summed E-state index contributed by atoms with van der Waals surface area (Å²) in [5, 5.41) is 17.4. The SMILES string of the molecule is O=C(c1cccc([N+](=O)[O-])c1)[C@@H]1[C@@H]2C(=O)N(c3ccc(Cl)cc3)C(=O)[C@@H]2[C@@H]2C=CC=NN12. The number of rotatable bonds is 4. The number of benzene rings is 2. The van der Waals surface area contributed by atoms with Crippen molar-refractivity contribution in [1.82, 2.24) is 5.01 Å². The molecule has 32 heavy (non-hydrogen) atoms. The van der Waals surface area contributed by atoms with Gasteiger partial charge in [-0.05, 0) is 30.3 Å². The Morgan fingerprint density at radius 1 is 1.06 bits per heavy atom. The number of carbonyl (C=O) groups is 3. The van der Waals surface area contributed by atoms with E-state index in [0.717, 1.165) is 4.90 Å². The number of Topliss-reactive ketones (excluding diaryl/α,β-unsaturated/α-hetero) is 1. The molecule has 2 fully saturated rings. The van der Waals surface area contributed by atoms with E-state index in [2.05, 4.69) is 5.10 Å². The Morgan fingerprint density at radius 2 is 1.78 bits per heavy atom. The lowest BCUT2D eigenvalue weighted by Crippen LogP contribution is -2.46. The molecule has 0 radical (unpaired) electrons. The second kappa shape index (κ2) is 7.38. The van der Waals surface area contributed by atoms with E-state index in [1.807, 2.05) is 0 Å². The van der Waals surface area contributed by atoms with Crippen molar-refractivity contribution in [2.75, 3.05) is 4.90 Å². The molecule has 2 saturated heterocycles. The largest absolute Gasteiger partial charge is 0.292 e. The molecule has 0 bridgehead atoms. The van der Waals surface area contributed by atoms with Crippen molar-refractivity contribution < 1.29 is 19.3 Å². The lowest BCUT2D eigenvalue weighted by Gasteiger charge is -2.30. The van der Waals surface area contributed by atoms with Gasteiger partial charge >= 0.3 is 0 Å². The number of allylic oxidation sites excluding steroid dienone is 1. The number of imide groups is 1. The maximum Gasteiger partial charge on any atom is 0.270 e. The normalized spacial score (nSPS) is 25.8. The summed E-state index contributed by atoms with van der Waals surface area (Å²) >= 11 is 5.93. The second-order valence-corrected chi connectivity index (χ2v) is 8.11. The van der Waals surface area contributed by atoms with Crippen LogP contribution in [-0.2, 0) is 9.59 Å². The Hall–Kier alpha value is -3.85. The first-order valence-corrected chi connectivity index (χ1v) is 10.2. The molecule has 5 rings (SSSR count). The van der Waals surface area contributed by atoms with E-state index in [9.17, 15) is 24.5 Å². The molecule has 3 aliphatic rings. The monoisotopic (exact) mass is 450 g/mol. The molecule has 0 N–H and O–H groups in total. The van der Waals surface area contributed by atoms with Crippen molar-refractivity contribution in [3.8, 4) is 0 Å². The molecule has 0 aromatic heterocycles. The maximum atomic E-state index is 13.5. The van der Waals surface area contributed by atoms with Crippen LogP contribution < -0.4 is 4.90 Å². The van der Waals surface area contributed by atoms with Gasteiger partial charge in [0, 0.05) is 28.9 Å². The van der Waals surface area contributed by atoms with Crippen LogP contribution >= 0.6 is 11.6 Å². The van der Waals surface area contributed by atoms with Crippen molar-refractivity contribution >= 4 is 46.8 Å². The van der Waals surface area contributed by atoms with Crippen LogP contribution in [0, 0.1) is 22.0 Å². The molecule has 2 aromatic carbocycles. The van der Waals surface area contributed by atoms with E-state index in [0.29, 0.717) is 10.7 Å². The average Bonchev–Trinajstić information content (AvgIpc) is 3.27. The maximum absolute atomic E-state index is 13.5. The minimum Gasteiger partial charge on any atom is -0.292 e. The minimum absolute atomic E-state index is 0.0820. The number of nitro groups is 1. The highest BCUT2D eigenvalue weighted by Gasteiger charge is 2.64. The predicted octanol–water partition coefficient (Wildman–Crippen LogP) is 2.85. The minimum atomic E-state index is -1.07. The number of anilines is 1. The lowest BCUT2D eigenvalue weighted by molar-refractivity contribution is -0.384. The van der Waals surface area contributed by atoms with Crippen LogP contribution in [-0.4, -0.2) is 45.8 Å². The predicted molar refractivity (Wildman–Crippen MR) is 115 cm³/mol. The first kappa shape index (κ1) is 20.1. The van der Waals surface area contributed by atoms with Crippen molar-refractivity contribution in [2.45, 2.75) is 12.1 Å². The van der Waals surface area contributed by atoms with Crippen LogP contribution in [0.1, 0.15) is 10.4 Å². The fraction of sp³-hybridized carbons (Fsp3) is 0.182. The van der Waals surface area contributed by atoms with Crippen LogP contribution in [0.5, 0.6) is 0 Å². The van der Waals surface area contributed by atoms with Gasteiger partial charge in [0.25, 0.3) is 5.69 Å². The highest BCUT2D eigenvalue weighted by molar-refractivity contribution is 6.31. The van der Waals surface area contributed by atoms with Crippen LogP contribution in [0.2, 0.25) is 5.02 Å². The summed E-state index contributed by atoms with van der Waals surface area (Å²) in [6, 6.07) is 9.98. The summed E-state index contributed by atoms with van der Waals surface area (Å²) in [5.41, 5.74) is 0.217. The molecular weight excluding hydrogens is 436 g/mol. The number of nitrogens with zero attached hydrogens (tertiary/aromatic N) is 4. The zero-order valence-corrected chi connectivity index (χ0v) is 17.1. The van der Waals surface area contributed by atoms with Gasteiger partial charge in [0.05, 0.1) is 28.5 Å². The fourth-order valence-corrected chi connectivity index (χ4v) is 4.75. The number of fused-ring (bicyclic) bond motifs is 3. The Kier molecular flexibility index (Phi) is 4.63. The lowest BCUT2D eigenvalue weighted by atomic mass is 9.86. The van der Waals surface area contributed by atoms with E-state index in [-0.39, 0.29) is 11.3 Å². The van der Waals surface area contributed by atoms with Gasteiger partial charge in [0.2, 0.25) is 11.8 Å². The fourth-order valence-electron chi connectivity index (χ4n) is 4.63. The number of halogens is 1. The number of hydrogen-bond acceptors (Lipinski definition) is 7. The zero-order valence-electron chi connectivity index (χ0n) is 16.4. The van der Waals surface area contributed by atoms with Crippen LogP contribution in [0.25, 0.3) is 0 Å². The molecule has 160 valence electrons. The summed E-state index contributed by atoms with van der Waals surface area (Å²) in [4.78, 5) is 52.0. The van der Waals surface area contributed by atoms with E-state index in [4.69, 9.17) is 11.6 Å². The van der Waals surface area contributed by atoms with E-state index in [1.165, 1.54) is 35.5 Å². The van der Waals surface area contributed by atoms with Gasteiger partial charge in [-0.2, -0.15) is 5.10 Å². The molecule has 0 saturated carbocycles. The summed E-state index contributed by atoms with van der Waals surface area (Å²) in [5.74, 6) is -3.22. The van der Waals surface area contributed by atoms with Crippen molar-refractivity contribution in [1.29, 1.82) is 0 Å². The topological polar surface area (TPSA) is 113 Å². The summed E-state index contributed by atoms with van der Waals surface area (Å²) in [6.45, 7) is 0. The smallest absolute Gasteiger partial charge is 0.270 e. The Balaban J connectivity index is 1.57. The van der Waals surface area contributed by atoms with Crippen molar-refractivity contribution in [3.05, 3.63) is 81.4 Å². The molecule has 2 aromatic rings. The molecule has 9 nitrogen and oxygen atoms in total. The van der Waals surface area contributed by atoms with Crippen LogP contribution in [0.15, 0.2) is 65.8 Å². The van der Waals surface area contributed by atoms with Crippen molar-refractivity contribution in [3.63, 3.8) is 0 Å².